The monoisotopic (exact) mass is 404 g/mol. The average molecular weight is 404 g/mol. The number of amides is 4. The summed E-state index contributed by atoms with van der Waals surface area (Å²) in [6, 6.07) is 6.86. The van der Waals surface area contributed by atoms with Crippen LogP contribution in [0.3, 0.4) is 0 Å². The van der Waals surface area contributed by atoms with Gasteiger partial charge in [0.05, 0.1) is 4.92 Å². The van der Waals surface area contributed by atoms with Crippen LogP contribution in [-0.4, -0.2) is 34.2 Å². The number of urea groups is 1. The summed E-state index contributed by atoms with van der Waals surface area (Å²) >= 11 is 0. The van der Waals surface area contributed by atoms with Gasteiger partial charge in [-0.25, -0.2) is 9.18 Å². The third-order valence-corrected chi connectivity index (χ3v) is 4.42. The number of nitro benzene ring substituents is 1. The topological polar surface area (TPSA) is 122 Å². The summed E-state index contributed by atoms with van der Waals surface area (Å²) in [6.45, 7) is 0.744. The summed E-state index contributed by atoms with van der Waals surface area (Å²) in [7, 11) is 0. The largest absolute Gasteiger partial charge is 0.325 e. The van der Waals surface area contributed by atoms with Crippen molar-refractivity contribution in [3.8, 4) is 0 Å². The summed E-state index contributed by atoms with van der Waals surface area (Å²) in [6.07, 6.45) is 0. The van der Waals surface area contributed by atoms with E-state index in [0.29, 0.717) is 10.5 Å². The molecule has 11 heteroatoms. The molecule has 0 spiro atoms. The van der Waals surface area contributed by atoms with Crippen LogP contribution in [0.15, 0.2) is 42.5 Å². The molecule has 3 rings (SSSR count). The zero-order chi connectivity index (χ0) is 21.3. The van der Waals surface area contributed by atoms with E-state index in [9.17, 15) is 33.3 Å². The standard InChI is InChI=1S/C18H14F2N4O5/c1-18(10-2-4-11(19)5-3-10)16(26)23(17(27)22-18)9-15(25)21-12-6-7-13(20)14(8-12)24(28)29/h2-8H,9H2,1H3,(H,21,25)(H,22,27). The molecular formula is C18H14F2N4O5. The van der Waals surface area contributed by atoms with Gasteiger partial charge in [-0.15, -0.1) is 0 Å². The number of halogens is 2. The van der Waals surface area contributed by atoms with Crippen molar-refractivity contribution in [1.82, 2.24) is 10.2 Å². The number of hydrogen-bond acceptors (Lipinski definition) is 5. The fourth-order valence-electron chi connectivity index (χ4n) is 2.89. The van der Waals surface area contributed by atoms with Crippen LogP contribution in [0.25, 0.3) is 0 Å². The lowest BCUT2D eigenvalue weighted by molar-refractivity contribution is -0.387. The molecule has 2 aromatic rings. The molecule has 0 aromatic heterocycles. The molecule has 4 amide bonds. The van der Waals surface area contributed by atoms with Crippen molar-refractivity contribution in [2.45, 2.75) is 12.5 Å². The second kappa shape index (κ2) is 7.26. The van der Waals surface area contributed by atoms with Crippen LogP contribution in [0.1, 0.15) is 12.5 Å². The minimum atomic E-state index is -1.49. The van der Waals surface area contributed by atoms with Crippen molar-refractivity contribution in [3.05, 3.63) is 69.8 Å². The number of carbonyl (C=O) groups is 3. The van der Waals surface area contributed by atoms with Crippen LogP contribution in [0, 0.1) is 21.7 Å². The zero-order valence-corrected chi connectivity index (χ0v) is 14.9. The first-order chi connectivity index (χ1) is 13.6. The molecule has 0 radical (unpaired) electrons. The molecule has 1 fully saturated rings. The molecule has 0 aliphatic carbocycles. The second-order valence-electron chi connectivity index (χ2n) is 6.42. The molecule has 1 atom stereocenters. The van der Waals surface area contributed by atoms with Crippen LogP contribution in [0.4, 0.5) is 25.0 Å². The molecule has 29 heavy (non-hydrogen) atoms. The van der Waals surface area contributed by atoms with E-state index in [1.165, 1.54) is 19.1 Å². The van der Waals surface area contributed by atoms with Gasteiger partial charge in [-0.1, -0.05) is 12.1 Å². The van der Waals surface area contributed by atoms with Crippen molar-refractivity contribution < 1.29 is 28.1 Å². The Morgan fingerprint density at radius 2 is 1.86 bits per heavy atom. The molecule has 0 bridgehead atoms. The first-order valence-electron chi connectivity index (χ1n) is 8.26. The van der Waals surface area contributed by atoms with E-state index in [2.05, 4.69) is 10.6 Å². The fourth-order valence-corrected chi connectivity index (χ4v) is 2.89. The van der Waals surface area contributed by atoms with Gasteiger partial charge in [0.1, 0.15) is 17.9 Å². The number of rotatable bonds is 5. The van der Waals surface area contributed by atoms with Gasteiger partial charge in [0.2, 0.25) is 11.7 Å². The SMILES string of the molecule is CC1(c2ccc(F)cc2)NC(=O)N(CC(=O)Nc2ccc(F)c([N+](=O)[O-])c2)C1=O. The Kier molecular flexibility index (Phi) is 4.97. The predicted molar refractivity (Wildman–Crippen MR) is 95.7 cm³/mol. The second-order valence-corrected chi connectivity index (χ2v) is 6.42. The minimum Gasteiger partial charge on any atom is -0.324 e. The Hall–Kier alpha value is -3.89. The van der Waals surface area contributed by atoms with Gasteiger partial charge in [-0.05, 0) is 36.8 Å². The number of nitro groups is 1. The highest BCUT2D eigenvalue weighted by atomic mass is 19.1. The molecule has 2 aromatic carbocycles. The smallest absolute Gasteiger partial charge is 0.324 e. The highest BCUT2D eigenvalue weighted by Crippen LogP contribution is 2.29. The molecule has 1 saturated heterocycles. The first-order valence-corrected chi connectivity index (χ1v) is 8.26. The van der Waals surface area contributed by atoms with Gasteiger partial charge in [0, 0.05) is 11.8 Å². The maximum atomic E-state index is 13.4. The van der Waals surface area contributed by atoms with E-state index in [1.54, 1.807) is 0 Å². The van der Waals surface area contributed by atoms with Gasteiger partial charge in [-0.2, -0.15) is 4.39 Å². The van der Waals surface area contributed by atoms with E-state index in [4.69, 9.17) is 0 Å². The summed E-state index contributed by atoms with van der Waals surface area (Å²) in [4.78, 5) is 47.7. The summed E-state index contributed by atoms with van der Waals surface area (Å²) < 4.78 is 26.5. The number of imide groups is 1. The first kappa shape index (κ1) is 19.9. The number of nitrogens with zero attached hydrogens (tertiary/aromatic N) is 2. The third kappa shape index (κ3) is 3.74. The maximum absolute atomic E-state index is 13.4. The Labute approximate surface area is 162 Å². The van der Waals surface area contributed by atoms with Crippen LogP contribution < -0.4 is 10.6 Å². The van der Waals surface area contributed by atoms with E-state index < -0.39 is 52.2 Å². The van der Waals surface area contributed by atoms with Gasteiger partial charge in [0.15, 0.2) is 0 Å². The lowest BCUT2D eigenvalue weighted by Gasteiger charge is -2.22. The van der Waals surface area contributed by atoms with Crippen molar-refractivity contribution in [2.75, 3.05) is 11.9 Å². The minimum absolute atomic E-state index is 0.0727. The van der Waals surface area contributed by atoms with E-state index in [0.717, 1.165) is 30.3 Å². The van der Waals surface area contributed by atoms with Crippen LogP contribution >= 0.6 is 0 Å². The highest BCUT2D eigenvalue weighted by Gasteiger charge is 2.49. The number of carbonyl (C=O) groups excluding carboxylic acids is 3. The molecule has 9 nitrogen and oxygen atoms in total. The summed E-state index contributed by atoms with van der Waals surface area (Å²) in [5, 5.41) is 15.5. The number of nitrogens with one attached hydrogen (secondary N) is 2. The normalized spacial score (nSPS) is 18.5. The number of hydrogen-bond donors (Lipinski definition) is 2. The van der Waals surface area contributed by atoms with Crippen LogP contribution in [0.2, 0.25) is 0 Å². The van der Waals surface area contributed by atoms with Gasteiger partial charge >= 0.3 is 11.7 Å². The van der Waals surface area contributed by atoms with E-state index >= 15 is 0 Å². The molecule has 1 aliphatic rings. The summed E-state index contributed by atoms with van der Waals surface area (Å²) in [5.74, 6) is -3.14. The van der Waals surface area contributed by atoms with Gasteiger partial charge < -0.3 is 10.6 Å². The fraction of sp³-hybridized carbons (Fsp3) is 0.167. The molecule has 1 aliphatic heterocycles. The van der Waals surface area contributed by atoms with Crippen molar-refractivity contribution in [2.24, 2.45) is 0 Å². The molecule has 0 saturated carbocycles. The highest BCUT2D eigenvalue weighted by molar-refractivity contribution is 6.10. The Bertz CT molecular complexity index is 1030. The molecule has 1 heterocycles. The Morgan fingerprint density at radius 3 is 2.48 bits per heavy atom. The number of benzene rings is 2. The third-order valence-electron chi connectivity index (χ3n) is 4.42. The molecule has 1 unspecified atom stereocenters. The molecular weight excluding hydrogens is 390 g/mol. The predicted octanol–water partition coefficient (Wildman–Crippen LogP) is 2.28. The quantitative estimate of drug-likeness (QED) is 0.450. The van der Waals surface area contributed by atoms with E-state index in [-0.39, 0.29) is 5.69 Å². The lowest BCUT2D eigenvalue weighted by Crippen LogP contribution is -2.42. The van der Waals surface area contributed by atoms with Crippen molar-refractivity contribution in [3.63, 3.8) is 0 Å². The van der Waals surface area contributed by atoms with Crippen molar-refractivity contribution in [1.29, 1.82) is 0 Å². The summed E-state index contributed by atoms with van der Waals surface area (Å²) in [5.41, 5.74) is -2.06. The van der Waals surface area contributed by atoms with Gasteiger partial charge in [-0.3, -0.25) is 24.6 Å². The number of anilines is 1. The van der Waals surface area contributed by atoms with Crippen LogP contribution in [-0.2, 0) is 15.1 Å². The average Bonchev–Trinajstić information content (AvgIpc) is 2.87. The van der Waals surface area contributed by atoms with Crippen LogP contribution in [0.5, 0.6) is 0 Å². The lowest BCUT2D eigenvalue weighted by atomic mass is 9.92. The van der Waals surface area contributed by atoms with E-state index in [1.807, 2.05) is 0 Å². The Morgan fingerprint density at radius 1 is 1.21 bits per heavy atom. The van der Waals surface area contributed by atoms with Crippen molar-refractivity contribution >= 4 is 29.2 Å². The molecule has 150 valence electrons. The Balaban J connectivity index is 1.75. The molecule has 2 N–H and O–H groups in total. The maximum Gasteiger partial charge on any atom is 0.325 e. The van der Waals surface area contributed by atoms with Gasteiger partial charge in [0.25, 0.3) is 5.91 Å². The zero-order valence-electron chi connectivity index (χ0n) is 14.9.